The van der Waals surface area contributed by atoms with Crippen molar-refractivity contribution in [2.45, 2.75) is 78.9 Å². The molecule has 2 rings (SSSR count). The summed E-state index contributed by atoms with van der Waals surface area (Å²) < 4.78 is 6.01. The zero-order valence-corrected chi connectivity index (χ0v) is 16.1. The first kappa shape index (κ1) is 18.7. The number of ether oxygens (including phenoxy) is 1. The minimum atomic E-state index is -0.230. The quantitative estimate of drug-likeness (QED) is 0.768. The van der Waals surface area contributed by atoms with Crippen molar-refractivity contribution < 1.29 is 4.74 Å². The fourth-order valence-electron chi connectivity index (χ4n) is 3.47. The van der Waals surface area contributed by atoms with Gasteiger partial charge in [0.05, 0.1) is 23.5 Å². The second-order valence-corrected chi connectivity index (χ2v) is 7.63. The summed E-state index contributed by atoms with van der Waals surface area (Å²) in [4.78, 5) is 7.25. The van der Waals surface area contributed by atoms with Crippen LogP contribution < -0.4 is 4.90 Å². The molecule has 0 radical (unpaired) electrons. The van der Waals surface area contributed by atoms with E-state index < -0.39 is 0 Å². The predicted molar refractivity (Wildman–Crippen MR) is 98.4 cm³/mol. The molecule has 0 aliphatic carbocycles. The van der Waals surface area contributed by atoms with Crippen molar-refractivity contribution in [3.63, 3.8) is 0 Å². The average Bonchev–Trinajstić information content (AvgIpc) is 2.51. The van der Waals surface area contributed by atoms with E-state index in [0.717, 1.165) is 60.6 Å². The molecule has 1 aromatic rings. The van der Waals surface area contributed by atoms with Crippen molar-refractivity contribution in [1.82, 2.24) is 4.98 Å². The number of aromatic nitrogens is 1. The lowest BCUT2D eigenvalue weighted by atomic mass is 9.86. The zero-order chi connectivity index (χ0) is 17.9. The normalized spacial score (nSPS) is 15.9. The summed E-state index contributed by atoms with van der Waals surface area (Å²) in [6.07, 6.45) is 2.87. The lowest BCUT2D eigenvalue weighted by Crippen LogP contribution is -2.35. The van der Waals surface area contributed by atoms with Crippen molar-refractivity contribution in [3.8, 4) is 6.07 Å². The van der Waals surface area contributed by atoms with Crippen LogP contribution in [0.25, 0.3) is 0 Å². The number of nitriles is 1. The molecule has 0 unspecified atom stereocenters. The van der Waals surface area contributed by atoms with Gasteiger partial charge in [0.15, 0.2) is 0 Å². The standard InChI is InChI=1S/C20H31N3O/c1-7-9-23(10-8-2)19-16(12-21)15-11-20(5,6)24-13-17(15)18(22-19)14(3)4/h14H,7-11,13H2,1-6H3. The second kappa shape index (κ2) is 7.53. The van der Waals surface area contributed by atoms with Gasteiger partial charge in [0.25, 0.3) is 0 Å². The minimum Gasteiger partial charge on any atom is -0.370 e. The van der Waals surface area contributed by atoms with Gasteiger partial charge in [-0.1, -0.05) is 27.7 Å². The molecule has 0 bridgehead atoms. The third kappa shape index (κ3) is 3.72. The van der Waals surface area contributed by atoms with E-state index in [-0.39, 0.29) is 5.60 Å². The topological polar surface area (TPSA) is 49.2 Å². The molecule has 1 aromatic heterocycles. The molecule has 0 N–H and O–H groups in total. The van der Waals surface area contributed by atoms with Crippen molar-refractivity contribution in [1.29, 1.82) is 5.26 Å². The molecule has 4 nitrogen and oxygen atoms in total. The van der Waals surface area contributed by atoms with Crippen LogP contribution in [0.15, 0.2) is 0 Å². The second-order valence-electron chi connectivity index (χ2n) is 7.63. The van der Waals surface area contributed by atoms with E-state index in [1.807, 2.05) is 0 Å². The van der Waals surface area contributed by atoms with Gasteiger partial charge in [-0.2, -0.15) is 5.26 Å². The summed E-state index contributed by atoms with van der Waals surface area (Å²) >= 11 is 0. The molecule has 132 valence electrons. The molecule has 0 saturated heterocycles. The Morgan fingerprint density at radius 2 is 1.83 bits per heavy atom. The maximum atomic E-state index is 9.90. The Balaban J connectivity index is 2.67. The number of nitrogens with zero attached hydrogens (tertiary/aromatic N) is 3. The van der Waals surface area contributed by atoms with Crippen LogP contribution in [0.1, 0.15) is 82.7 Å². The van der Waals surface area contributed by atoms with Crippen molar-refractivity contribution in [2.24, 2.45) is 0 Å². The van der Waals surface area contributed by atoms with Gasteiger partial charge in [0.1, 0.15) is 11.9 Å². The summed E-state index contributed by atoms with van der Waals surface area (Å²) in [5.74, 6) is 1.20. The van der Waals surface area contributed by atoms with Gasteiger partial charge < -0.3 is 9.64 Å². The zero-order valence-electron chi connectivity index (χ0n) is 16.1. The number of hydrogen-bond acceptors (Lipinski definition) is 4. The van der Waals surface area contributed by atoms with Crippen molar-refractivity contribution in [3.05, 3.63) is 22.4 Å². The molecule has 24 heavy (non-hydrogen) atoms. The predicted octanol–water partition coefficient (Wildman–Crippen LogP) is 4.55. The molecule has 0 amide bonds. The Labute approximate surface area is 146 Å². The first-order chi connectivity index (χ1) is 11.3. The smallest absolute Gasteiger partial charge is 0.147 e. The molecular weight excluding hydrogens is 298 g/mol. The van der Waals surface area contributed by atoms with E-state index >= 15 is 0 Å². The first-order valence-electron chi connectivity index (χ1n) is 9.19. The van der Waals surface area contributed by atoms with E-state index in [9.17, 15) is 5.26 Å². The van der Waals surface area contributed by atoms with Crippen molar-refractivity contribution in [2.75, 3.05) is 18.0 Å². The van der Waals surface area contributed by atoms with Gasteiger partial charge in [-0.15, -0.1) is 0 Å². The number of fused-ring (bicyclic) bond motifs is 1. The maximum Gasteiger partial charge on any atom is 0.147 e. The fourth-order valence-corrected chi connectivity index (χ4v) is 3.47. The summed E-state index contributed by atoms with van der Waals surface area (Å²) in [6, 6.07) is 2.47. The Morgan fingerprint density at radius 1 is 1.21 bits per heavy atom. The molecule has 2 heterocycles. The summed E-state index contributed by atoms with van der Waals surface area (Å²) in [7, 11) is 0. The monoisotopic (exact) mass is 329 g/mol. The molecule has 4 heteroatoms. The van der Waals surface area contributed by atoms with Crippen LogP contribution >= 0.6 is 0 Å². The highest BCUT2D eigenvalue weighted by molar-refractivity contribution is 5.62. The maximum absolute atomic E-state index is 9.90. The van der Waals surface area contributed by atoms with E-state index in [4.69, 9.17) is 9.72 Å². The molecule has 0 fully saturated rings. The van der Waals surface area contributed by atoms with E-state index in [1.165, 1.54) is 0 Å². The van der Waals surface area contributed by atoms with E-state index in [0.29, 0.717) is 12.5 Å². The molecule has 1 aliphatic heterocycles. The fraction of sp³-hybridized carbons (Fsp3) is 0.700. The van der Waals surface area contributed by atoms with Gasteiger partial charge in [-0.25, -0.2) is 4.98 Å². The number of hydrogen-bond donors (Lipinski definition) is 0. The molecule has 0 aromatic carbocycles. The SMILES string of the molecule is CCCN(CCC)c1nc(C(C)C)c2c(c1C#N)CC(C)(C)OC2. The Bertz CT molecular complexity index is 623. The number of rotatable bonds is 6. The molecule has 0 spiro atoms. The summed E-state index contributed by atoms with van der Waals surface area (Å²) in [5.41, 5.74) is 3.91. The van der Waals surface area contributed by atoms with Gasteiger partial charge in [0.2, 0.25) is 0 Å². The Morgan fingerprint density at radius 3 is 2.33 bits per heavy atom. The lowest BCUT2D eigenvalue weighted by Gasteiger charge is -2.35. The van der Waals surface area contributed by atoms with Crippen LogP contribution in [-0.2, 0) is 17.8 Å². The van der Waals surface area contributed by atoms with Gasteiger partial charge in [-0.3, -0.25) is 0 Å². The first-order valence-corrected chi connectivity index (χ1v) is 9.19. The molecule has 0 atom stereocenters. The minimum absolute atomic E-state index is 0.230. The average molecular weight is 329 g/mol. The van der Waals surface area contributed by atoms with Crippen LogP contribution in [0.3, 0.4) is 0 Å². The van der Waals surface area contributed by atoms with Crippen LogP contribution in [-0.4, -0.2) is 23.7 Å². The van der Waals surface area contributed by atoms with Crippen LogP contribution in [0.4, 0.5) is 5.82 Å². The summed E-state index contributed by atoms with van der Waals surface area (Å²) in [6.45, 7) is 15.3. The van der Waals surface area contributed by atoms with Crippen LogP contribution in [0.2, 0.25) is 0 Å². The molecule has 0 saturated carbocycles. The van der Waals surface area contributed by atoms with Crippen LogP contribution in [0, 0.1) is 11.3 Å². The van der Waals surface area contributed by atoms with Crippen LogP contribution in [0.5, 0.6) is 0 Å². The lowest BCUT2D eigenvalue weighted by molar-refractivity contribution is -0.0408. The van der Waals surface area contributed by atoms with Gasteiger partial charge in [-0.05, 0) is 38.2 Å². The third-order valence-electron chi connectivity index (χ3n) is 4.58. The highest BCUT2D eigenvalue weighted by Crippen LogP contribution is 2.37. The van der Waals surface area contributed by atoms with E-state index in [1.54, 1.807) is 0 Å². The number of pyridine rings is 1. The van der Waals surface area contributed by atoms with Gasteiger partial charge in [0, 0.05) is 25.1 Å². The van der Waals surface area contributed by atoms with Gasteiger partial charge >= 0.3 is 0 Å². The third-order valence-corrected chi connectivity index (χ3v) is 4.58. The largest absolute Gasteiger partial charge is 0.370 e. The highest BCUT2D eigenvalue weighted by atomic mass is 16.5. The van der Waals surface area contributed by atoms with E-state index in [2.05, 4.69) is 52.5 Å². The Hall–Kier alpha value is -1.60. The molecule has 1 aliphatic rings. The molecular formula is C20H31N3O. The summed E-state index contributed by atoms with van der Waals surface area (Å²) in [5, 5.41) is 9.90. The van der Waals surface area contributed by atoms with Crippen molar-refractivity contribution >= 4 is 5.82 Å². The Kier molecular flexibility index (Phi) is 5.87. The highest BCUT2D eigenvalue weighted by Gasteiger charge is 2.33. The number of anilines is 1.